The second-order valence-corrected chi connectivity index (χ2v) is 14.1. The molecule has 0 radical (unpaired) electrons. The summed E-state index contributed by atoms with van der Waals surface area (Å²) in [5.41, 5.74) is 14.6. The van der Waals surface area contributed by atoms with E-state index < -0.39 is 0 Å². The lowest BCUT2D eigenvalue weighted by atomic mass is 9.93. The van der Waals surface area contributed by atoms with Crippen LogP contribution < -0.4 is 0 Å². The van der Waals surface area contributed by atoms with Gasteiger partial charge < -0.3 is 8.83 Å². The minimum atomic E-state index is 0.664. The third-order valence-electron chi connectivity index (χ3n) is 10.7. The molecule has 0 unspecified atom stereocenters. The van der Waals surface area contributed by atoms with Crippen LogP contribution in [-0.2, 0) is 0 Å². The Morgan fingerprint density at radius 3 is 1.66 bits per heavy atom. The van der Waals surface area contributed by atoms with Crippen LogP contribution in [0.25, 0.3) is 111 Å². The Morgan fingerprint density at radius 2 is 0.839 bits per heavy atom. The molecule has 0 aliphatic heterocycles. The zero-order valence-electron chi connectivity index (χ0n) is 30.2. The van der Waals surface area contributed by atoms with Crippen molar-refractivity contribution in [1.82, 2.24) is 9.97 Å². The average Bonchev–Trinajstić information content (AvgIpc) is 3.86. The molecular weight excluding hydrogens is 685 g/mol. The lowest BCUT2D eigenvalue weighted by molar-refractivity contribution is 0.669. The zero-order valence-corrected chi connectivity index (χ0v) is 30.2. The summed E-state index contributed by atoms with van der Waals surface area (Å²) in [6, 6.07) is 67.3. The van der Waals surface area contributed by atoms with Gasteiger partial charge in [0.15, 0.2) is 5.82 Å². The van der Waals surface area contributed by atoms with Crippen molar-refractivity contribution in [2.75, 3.05) is 0 Å². The average molecular weight is 717 g/mol. The van der Waals surface area contributed by atoms with Crippen LogP contribution in [0.1, 0.15) is 0 Å². The molecule has 0 saturated heterocycles. The van der Waals surface area contributed by atoms with Gasteiger partial charge >= 0.3 is 0 Å². The van der Waals surface area contributed by atoms with E-state index in [1.165, 1.54) is 0 Å². The first-order valence-corrected chi connectivity index (χ1v) is 18.8. The predicted molar refractivity (Wildman–Crippen MR) is 229 cm³/mol. The fourth-order valence-electron chi connectivity index (χ4n) is 8.02. The number of para-hydroxylation sites is 3. The van der Waals surface area contributed by atoms with Crippen molar-refractivity contribution in [3.8, 4) is 67.3 Å². The highest BCUT2D eigenvalue weighted by Gasteiger charge is 2.18. The number of fused-ring (bicyclic) bond motifs is 6. The third-order valence-corrected chi connectivity index (χ3v) is 10.7. The normalized spacial score (nSPS) is 11.6. The molecule has 4 nitrogen and oxygen atoms in total. The Labute approximate surface area is 323 Å². The van der Waals surface area contributed by atoms with Crippen molar-refractivity contribution in [2.24, 2.45) is 0 Å². The predicted octanol–water partition coefficient (Wildman–Crippen LogP) is 14.3. The van der Waals surface area contributed by atoms with Crippen LogP contribution in [0.15, 0.2) is 203 Å². The van der Waals surface area contributed by atoms with Gasteiger partial charge in [0.25, 0.3) is 0 Å². The van der Waals surface area contributed by atoms with Crippen LogP contribution in [0.4, 0.5) is 0 Å². The van der Waals surface area contributed by atoms with Gasteiger partial charge in [0, 0.05) is 43.8 Å². The van der Waals surface area contributed by atoms with Crippen molar-refractivity contribution in [3.63, 3.8) is 0 Å². The minimum absolute atomic E-state index is 0.664. The van der Waals surface area contributed by atoms with Gasteiger partial charge in [-0.3, -0.25) is 0 Å². The summed E-state index contributed by atoms with van der Waals surface area (Å²) in [4.78, 5) is 10.5. The number of furan rings is 2. The molecule has 0 atom stereocenters. The highest BCUT2D eigenvalue weighted by Crippen LogP contribution is 2.41. The van der Waals surface area contributed by atoms with Gasteiger partial charge in [-0.25, -0.2) is 9.97 Å². The van der Waals surface area contributed by atoms with Gasteiger partial charge in [0.05, 0.1) is 11.4 Å². The molecule has 0 aliphatic carbocycles. The zero-order chi connectivity index (χ0) is 37.0. The van der Waals surface area contributed by atoms with Crippen LogP contribution in [-0.4, -0.2) is 9.97 Å². The van der Waals surface area contributed by atoms with Crippen LogP contribution in [0.3, 0.4) is 0 Å². The van der Waals surface area contributed by atoms with Gasteiger partial charge in [-0.15, -0.1) is 0 Å². The number of rotatable bonds is 6. The first-order valence-electron chi connectivity index (χ1n) is 18.8. The number of aromatic nitrogens is 2. The molecule has 3 aromatic heterocycles. The van der Waals surface area contributed by atoms with E-state index in [0.29, 0.717) is 5.82 Å². The fourth-order valence-corrected chi connectivity index (χ4v) is 8.02. The Hall–Kier alpha value is -7.56. The molecular formula is C52H32N2O2. The maximum Gasteiger partial charge on any atom is 0.160 e. The summed E-state index contributed by atoms with van der Waals surface area (Å²) in [6.07, 6.45) is 0. The summed E-state index contributed by atoms with van der Waals surface area (Å²) in [5, 5.41) is 4.42. The van der Waals surface area contributed by atoms with Crippen LogP contribution in [0.2, 0.25) is 0 Å². The Balaban J connectivity index is 1.12. The highest BCUT2D eigenvalue weighted by molar-refractivity contribution is 6.13. The molecule has 56 heavy (non-hydrogen) atoms. The maximum atomic E-state index is 6.54. The van der Waals surface area contributed by atoms with E-state index in [0.717, 1.165) is 105 Å². The van der Waals surface area contributed by atoms with E-state index in [4.69, 9.17) is 18.8 Å². The smallest absolute Gasteiger partial charge is 0.160 e. The molecule has 3 heterocycles. The maximum absolute atomic E-state index is 6.54. The van der Waals surface area contributed by atoms with Gasteiger partial charge in [-0.1, -0.05) is 146 Å². The molecule has 0 fully saturated rings. The van der Waals surface area contributed by atoms with Crippen LogP contribution in [0.5, 0.6) is 0 Å². The van der Waals surface area contributed by atoms with E-state index in [1.807, 2.05) is 48.5 Å². The van der Waals surface area contributed by atoms with Crippen LogP contribution in [0, 0.1) is 0 Å². The lowest BCUT2D eigenvalue weighted by Crippen LogP contribution is -1.97. The Morgan fingerprint density at radius 1 is 0.304 bits per heavy atom. The van der Waals surface area contributed by atoms with E-state index in [9.17, 15) is 0 Å². The molecule has 0 bridgehead atoms. The van der Waals surface area contributed by atoms with Crippen molar-refractivity contribution in [3.05, 3.63) is 194 Å². The summed E-state index contributed by atoms with van der Waals surface area (Å²) in [7, 11) is 0. The molecule has 11 rings (SSSR count). The van der Waals surface area contributed by atoms with Gasteiger partial charge in [-0.05, 0) is 76.3 Å². The first-order chi connectivity index (χ1) is 27.7. The van der Waals surface area contributed by atoms with E-state index >= 15 is 0 Å². The molecule has 0 amide bonds. The number of hydrogen-bond acceptors (Lipinski definition) is 4. The van der Waals surface area contributed by atoms with Crippen molar-refractivity contribution >= 4 is 43.9 Å². The highest BCUT2D eigenvalue weighted by atomic mass is 16.3. The molecule has 4 heteroatoms. The second-order valence-electron chi connectivity index (χ2n) is 14.1. The summed E-state index contributed by atoms with van der Waals surface area (Å²) in [6.45, 7) is 0. The summed E-state index contributed by atoms with van der Waals surface area (Å²) < 4.78 is 12.8. The molecule has 11 aromatic rings. The largest absolute Gasteiger partial charge is 0.456 e. The monoisotopic (exact) mass is 716 g/mol. The quantitative estimate of drug-likeness (QED) is 0.172. The van der Waals surface area contributed by atoms with Gasteiger partial charge in [-0.2, -0.15) is 0 Å². The Kier molecular flexibility index (Phi) is 7.46. The minimum Gasteiger partial charge on any atom is -0.456 e. The summed E-state index contributed by atoms with van der Waals surface area (Å²) >= 11 is 0. The molecule has 0 N–H and O–H groups in total. The van der Waals surface area contributed by atoms with E-state index in [2.05, 4.69) is 146 Å². The lowest BCUT2D eigenvalue weighted by Gasteiger charge is -2.14. The SMILES string of the molecule is c1ccc(-c2cc(-c3cc(-c4cccc(-c5cccc6oc7ccccc7c56)c4)nc(-c4ccccc4)n3)cc(-c3cccc4c3oc3ccccc34)c2)cc1. The van der Waals surface area contributed by atoms with Crippen LogP contribution >= 0.6 is 0 Å². The first kappa shape index (κ1) is 31.9. The second kappa shape index (κ2) is 13.1. The third kappa shape index (κ3) is 5.47. The number of benzene rings is 8. The van der Waals surface area contributed by atoms with E-state index in [1.54, 1.807) is 0 Å². The van der Waals surface area contributed by atoms with Crippen molar-refractivity contribution in [2.45, 2.75) is 0 Å². The number of nitrogens with zero attached hydrogens (tertiary/aromatic N) is 2. The number of hydrogen-bond donors (Lipinski definition) is 0. The topological polar surface area (TPSA) is 52.1 Å². The van der Waals surface area contributed by atoms with Gasteiger partial charge in [0.1, 0.15) is 22.3 Å². The molecule has 0 spiro atoms. The fraction of sp³-hybridized carbons (Fsp3) is 0. The van der Waals surface area contributed by atoms with Crippen molar-refractivity contribution in [1.29, 1.82) is 0 Å². The molecule has 0 aliphatic rings. The standard InChI is InChI=1S/C52H32N2O2/c1-3-14-33(15-4-1)37-29-38(41-23-12-24-43-42-20-7-9-25-47(42)56-51(41)43)31-39(30-37)46-32-45(53-52(54-46)34-16-5-2-6-17-34)36-19-11-18-35(28-36)40-22-13-27-49-50(40)44-21-8-10-26-48(44)55-49/h1-32H. The molecule has 0 saturated carbocycles. The molecule has 8 aromatic carbocycles. The Bertz CT molecular complexity index is 3250. The summed E-state index contributed by atoms with van der Waals surface area (Å²) in [5.74, 6) is 0.664. The van der Waals surface area contributed by atoms with Gasteiger partial charge in [0.2, 0.25) is 0 Å². The van der Waals surface area contributed by atoms with Crippen molar-refractivity contribution < 1.29 is 8.83 Å². The molecule has 262 valence electrons. The van der Waals surface area contributed by atoms with E-state index in [-0.39, 0.29) is 0 Å².